The van der Waals surface area contributed by atoms with E-state index in [1.54, 1.807) is 0 Å². The van der Waals surface area contributed by atoms with Gasteiger partial charge in [-0.25, -0.2) is 4.98 Å². The Hall–Kier alpha value is -2.47. The minimum absolute atomic E-state index is 0.0518. The first kappa shape index (κ1) is 17.9. The van der Waals surface area contributed by atoms with Crippen molar-refractivity contribution in [3.05, 3.63) is 62.8 Å². The number of likely N-dealkylation sites (tertiary alicyclic amines) is 1. The second kappa shape index (κ2) is 7.27. The first-order valence-electron chi connectivity index (χ1n) is 9.74. The molecule has 1 fully saturated rings. The van der Waals surface area contributed by atoms with Gasteiger partial charge in [0.15, 0.2) is 0 Å². The van der Waals surface area contributed by atoms with Crippen molar-refractivity contribution in [3.63, 3.8) is 0 Å². The highest BCUT2D eigenvalue weighted by Crippen LogP contribution is 2.17. The van der Waals surface area contributed by atoms with E-state index in [1.807, 2.05) is 6.92 Å². The van der Waals surface area contributed by atoms with Crippen molar-refractivity contribution in [2.24, 2.45) is 5.92 Å². The van der Waals surface area contributed by atoms with Crippen LogP contribution < -0.4 is 5.56 Å². The molecule has 2 aromatic heterocycles. The Labute approximate surface area is 159 Å². The van der Waals surface area contributed by atoms with Crippen molar-refractivity contribution >= 4 is 5.78 Å². The van der Waals surface area contributed by atoms with Crippen LogP contribution in [0.5, 0.6) is 0 Å². The van der Waals surface area contributed by atoms with Gasteiger partial charge in [-0.3, -0.25) is 14.8 Å². The van der Waals surface area contributed by atoms with Crippen molar-refractivity contribution < 1.29 is 0 Å². The van der Waals surface area contributed by atoms with Crippen LogP contribution in [-0.4, -0.2) is 37.6 Å². The van der Waals surface area contributed by atoms with Crippen LogP contribution in [0, 0.1) is 19.8 Å². The maximum Gasteiger partial charge on any atom is 0.277 e. The molecule has 1 saturated heterocycles. The van der Waals surface area contributed by atoms with Crippen molar-refractivity contribution in [1.29, 1.82) is 0 Å². The number of rotatable bonds is 4. The summed E-state index contributed by atoms with van der Waals surface area (Å²) in [5.74, 6) is 2.07. The van der Waals surface area contributed by atoms with Gasteiger partial charge in [-0.05, 0) is 51.3 Å². The Kier molecular flexibility index (Phi) is 4.83. The third-order valence-corrected chi connectivity index (χ3v) is 5.59. The zero-order valence-electron chi connectivity index (χ0n) is 16.3. The second-order valence-corrected chi connectivity index (χ2v) is 7.91. The number of hydrogen-bond acceptors (Lipinski definition) is 4. The van der Waals surface area contributed by atoms with E-state index >= 15 is 0 Å². The molecule has 1 N–H and O–H groups in total. The number of aryl methyl sites for hydroxylation is 2. The highest BCUT2D eigenvalue weighted by molar-refractivity contribution is 5.35. The number of fused-ring (bicyclic) bond motifs is 1. The second-order valence-electron chi connectivity index (χ2n) is 7.91. The summed E-state index contributed by atoms with van der Waals surface area (Å²) in [5.41, 5.74) is 3.75. The predicted octanol–water partition coefficient (Wildman–Crippen LogP) is 2.86. The Morgan fingerprint density at radius 3 is 2.52 bits per heavy atom. The summed E-state index contributed by atoms with van der Waals surface area (Å²) in [7, 11) is 0. The fourth-order valence-electron chi connectivity index (χ4n) is 3.71. The van der Waals surface area contributed by atoms with E-state index in [1.165, 1.54) is 22.9 Å². The lowest BCUT2D eigenvalue weighted by Crippen LogP contribution is -2.32. The maximum atomic E-state index is 13.0. The van der Waals surface area contributed by atoms with Gasteiger partial charge in [0.05, 0.1) is 12.2 Å². The van der Waals surface area contributed by atoms with Gasteiger partial charge in [0.1, 0.15) is 5.82 Å². The summed E-state index contributed by atoms with van der Waals surface area (Å²) in [6.07, 6.45) is 3.02. The van der Waals surface area contributed by atoms with E-state index in [-0.39, 0.29) is 5.56 Å². The average Bonchev–Trinajstić information content (AvgIpc) is 3.04. The third-order valence-electron chi connectivity index (χ3n) is 5.59. The number of aromatic nitrogens is 4. The molecule has 0 spiro atoms. The van der Waals surface area contributed by atoms with Gasteiger partial charge in [0.2, 0.25) is 0 Å². The summed E-state index contributed by atoms with van der Waals surface area (Å²) in [6, 6.07) is 8.28. The molecule has 0 amide bonds. The van der Waals surface area contributed by atoms with Crippen molar-refractivity contribution in [2.75, 3.05) is 13.1 Å². The first-order chi connectivity index (χ1) is 13.0. The number of benzene rings is 1. The topological polar surface area (TPSA) is 66.3 Å². The maximum absolute atomic E-state index is 13.0. The van der Waals surface area contributed by atoms with Crippen LogP contribution in [0.4, 0.5) is 0 Å². The average molecular weight is 365 g/mol. The molecular formula is C21H27N5O. The van der Waals surface area contributed by atoms with E-state index in [2.05, 4.69) is 58.1 Å². The van der Waals surface area contributed by atoms with Crippen molar-refractivity contribution in [2.45, 2.75) is 46.6 Å². The minimum atomic E-state index is -0.0518. The molecule has 142 valence electrons. The number of nitrogens with zero attached hydrogens (tertiary/aromatic N) is 4. The lowest BCUT2D eigenvalue weighted by atomic mass is 9.99. The van der Waals surface area contributed by atoms with Crippen LogP contribution in [0.15, 0.2) is 29.1 Å². The molecule has 1 aliphatic rings. The summed E-state index contributed by atoms with van der Waals surface area (Å²) in [4.78, 5) is 24.5. The third kappa shape index (κ3) is 3.81. The molecule has 0 radical (unpaired) electrons. The summed E-state index contributed by atoms with van der Waals surface area (Å²) >= 11 is 0. The van der Waals surface area contributed by atoms with Crippen LogP contribution in [0.25, 0.3) is 5.78 Å². The van der Waals surface area contributed by atoms with E-state index in [0.717, 1.165) is 48.2 Å². The Balaban J connectivity index is 1.61. The zero-order valence-corrected chi connectivity index (χ0v) is 16.3. The molecule has 6 nitrogen and oxygen atoms in total. The van der Waals surface area contributed by atoms with Crippen molar-refractivity contribution in [1.82, 2.24) is 24.5 Å². The summed E-state index contributed by atoms with van der Waals surface area (Å²) < 4.78 is 1.50. The Bertz CT molecular complexity index is 994. The van der Waals surface area contributed by atoms with E-state index in [9.17, 15) is 4.79 Å². The monoisotopic (exact) mass is 365 g/mol. The molecule has 3 aromatic rings. The van der Waals surface area contributed by atoms with Crippen LogP contribution in [0.1, 0.15) is 48.0 Å². The minimum Gasteiger partial charge on any atom is -0.296 e. The Morgan fingerprint density at radius 1 is 1.11 bits per heavy atom. The van der Waals surface area contributed by atoms with Crippen molar-refractivity contribution in [3.8, 4) is 0 Å². The zero-order chi connectivity index (χ0) is 19.0. The predicted molar refractivity (Wildman–Crippen MR) is 106 cm³/mol. The highest BCUT2D eigenvalue weighted by atomic mass is 16.1. The molecule has 0 saturated carbocycles. The number of aromatic amines is 1. The molecule has 27 heavy (non-hydrogen) atoms. The van der Waals surface area contributed by atoms with Gasteiger partial charge in [-0.15, -0.1) is 0 Å². The number of piperidine rings is 1. The molecule has 1 aromatic carbocycles. The molecule has 1 aliphatic heterocycles. The number of nitrogens with one attached hydrogen (secondary N) is 1. The van der Waals surface area contributed by atoms with Gasteiger partial charge in [-0.2, -0.15) is 9.50 Å². The SMILES string of the molecule is Cc1ccc(Cc2c(C)nc3nc(CN4CCC(C)CC4)[nH]n3c2=O)cc1. The smallest absolute Gasteiger partial charge is 0.277 e. The Morgan fingerprint density at radius 2 is 1.81 bits per heavy atom. The van der Waals surface area contributed by atoms with Gasteiger partial charge in [-0.1, -0.05) is 36.8 Å². The van der Waals surface area contributed by atoms with Gasteiger partial charge >= 0.3 is 0 Å². The largest absolute Gasteiger partial charge is 0.296 e. The van der Waals surface area contributed by atoms with Crippen LogP contribution in [0.3, 0.4) is 0 Å². The molecule has 0 bridgehead atoms. The van der Waals surface area contributed by atoms with E-state index in [0.29, 0.717) is 12.2 Å². The molecule has 6 heteroatoms. The number of hydrogen-bond donors (Lipinski definition) is 1. The van der Waals surface area contributed by atoms with Crippen LogP contribution in [-0.2, 0) is 13.0 Å². The van der Waals surface area contributed by atoms with E-state index < -0.39 is 0 Å². The van der Waals surface area contributed by atoms with Gasteiger partial charge in [0, 0.05) is 12.0 Å². The summed E-state index contributed by atoms with van der Waals surface area (Å²) in [6.45, 7) is 9.16. The molecule has 0 atom stereocenters. The van der Waals surface area contributed by atoms with Crippen LogP contribution >= 0.6 is 0 Å². The highest BCUT2D eigenvalue weighted by Gasteiger charge is 2.18. The number of H-pyrrole nitrogens is 1. The molecule has 3 heterocycles. The fourth-order valence-corrected chi connectivity index (χ4v) is 3.71. The standard InChI is InChI=1S/C21H27N5O/c1-14-4-6-17(7-5-14)12-18-16(3)22-21-23-19(24-26(21)20(18)27)13-25-10-8-15(2)9-11-25/h4-7,15H,8-13H2,1-3H3,(H,22,23,24). The fraction of sp³-hybridized carbons (Fsp3) is 0.476. The lowest BCUT2D eigenvalue weighted by Gasteiger charge is -2.29. The van der Waals surface area contributed by atoms with Crippen LogP contribution in [0.2, 0.25) is 0 Å². The molecule has 0 aliphatic carbocycles. The molecular weight excluding hydrogens is 338 g/mol. The molecule has 4 rings (SSSR count). The summed E-state index contributed by atoms with van der Waals surface area (Å²) in [5, 5.41) is 3.17. The van der Waals surface area contributed by atoms with Gasteiger partial charge < -0.3 is 0 Å². The van der Waals surface area contributed by atoms with Gasteiger partial charge in [0.25, 0.3) is 11.3 Å². The van der Waals surface area contributed by atoms with E-state index in [4.69, 9.17) is 0 Å². The lowest BCUT2D eigenvalue weighted by molar-refractivity contribution is 0.181. The first-order valence-corrected chi connectivity index (χ1v) is 9.74. The molecule has 0 unspecified atom stereocenters. The normalized spacial score (nSPS) is 16.3. The quantitative estimate of drug-likeness (QED) is 0.772.